The molecular weight excluding hydrogens is 596 g/mol. The highest BCUT2D eigenvalue weighted by atomic mass is 19.4. The Morgan fingerprint density at radius 1 is 1.07 bits per heavy atom. The first kappa shape index (κ1) is 31.5. The Morgan fingerprint density at radius 2 is 1.72 bits per heavy atom. The first-order chi connectivity index (χ1) is 19.9. The first-order valence-electron chi connectivity index (χ1n) is 12.4. The molecule has 0 fully saturated rings. The molecule has 230 valence electrons. The summed E-state index contributed by atoms with van der Waals surface area (Å²) in [6.45, 7) is 1.35. The minimum atomic E-state index is -5.02. The van der Waals surface area contributed by atoms with Crippen LogP contribution < -0.4 is 16.4 Å². The lowest BCUT2D eigenvalue weighted by Crippen LogP contribution is -2.39. The quantitative estimate of drug-likeness (QED) is 0.245. The van der Waals surface area contributed by atoms with Gasteiger partial charge in [-0.2, -0.15) is 31.4 Å². The van der Waals surface area contributed by atoms with Crippen LogP contribution in [-0.2, 0) is 18.3 Å². The van der Waals surface area contributed by atoms with E-state index in [1.165, 1.54) is 25.3 Å². The standard InChI is InChI=1S/C26H22F8N6O3/c1-12(38-19-10-37-39-22(41)20(19)25(29,30)31)5-15(27)11-40-4-3-13-6-17(18(28)7-16(13)23(40)42)21-35-8-14(9-36-21)24(2,43)26(32,33)34/h3-4,6-10,12,15,43H,5,11H2,1-2H3,(H2,38,39,41)/t12-,15-,24?/m1/s1. The largest absolute Gasteiger partial charge is 0.423 e. The van der Waals surface area contributed by atoms with Crippen LogP contribution in [-0.4, -0.2) is 48.2 Å². The summed E-state index contributed by atoms with van der Waals surface area (Å²) in [4.78, 5) is 32.0. The van der Waals surface area contributed by atoms with Crippen LogP contribution in [0.15, 0.2) is 52.6 Å². The summed E-state index contributed by atoms with van der Waals surface area (Å²) in [5.74, 6) is -1.32. The monoisotopic (exact) mass is 618 g/mol. The zero-order valence-corrected chi connectivity index (χ0v) is 22.2. The van der Waals surface area contributed by atoms with Gasteiger partial charge in [-0.05, 0) is 37.4 Å². The van der Waals surface area contributed by atoms with Gasteiger partial charge in [-0.15, -0.1) is 0 Å². The van der Waals surface area contributed by atoms with Crippen molar-refractivity contribution in [3.05, 3.63) is 80.6 Å². The van der Waals surface area contributed by atoms with Crippen LogP contribution in [0, 0.1) is 5.82 Å². The Labute approximate surface area is 236 Å². The van der Waals surface area contributed by atoms with E-state index in [1.54, 1.807) is 5.10 Å². The minimum Gasteiger partial charge on any atom is -0.381 e. The van der Waals surface area contributed by atoms with Crippen molar-refractivity contribution in [1.29, 1.82) is 0 Å². The highest BCUT2D eigenvalue weighted by Gasteiger charge is 2.51. The Bertz CT molecular complexity index is 1750. The molecule has 0 bridgehead atoms. The van der Waals surface area contributed by atoms with Crippen molar-refractivity contribution in [1.82, 2.24) is 24.7 Å². The molecule has 3 heterocycles. The minimum absolute atomic E-state index is 0.164. The smallest absolute Gasteiger partial charge is 0.381 e. The maximum absolute atomic E-state index is 15.0. The van der Waals surface area contributed by atoms with Crippen LogP contribution in [0.4, 0.5) is 40.8 Å². The number of alkyl halides is 7. The molecule has 0 saturated heterocycles. The van der Waals surface area contributed by atoms with Gasteiger partial charge >= 0.3 is 12.4 Å². The third-order valence-corrected chi connectivity index (χ3v) is 6.62. The Hall–Kier alpha value is -4.41. The van der Waals surface area contributed by atoms with Crippen LogP contribution in [0.1, 0.15) is 31.4 Å². The maximum atomic E-state index is 15.0. The van der Waals surface area contributed by atoms with E-state index in [2.05, 4.69) is 20.4 Å². The fourth-order valence-corrected chi connectivity index (χ4v) is 4.29. The fraction of sp³-hybridized carbons (Fsp3) is 0.346. The highest BCUT2D eigenvalue weighted by Crippen LogP contribution is 2.38. The number of aliphatic hydroxyl groups is 1. The van der Waals surface area contributed by atoms with Crippen molar-refractivity contribution in [2.75, 3.05) is 5.32 Å². The molecular formula is C26H22F8N6O3. The van der Waals surface area contributed by atoms with E-state index in [0.29, 0.717) is 19.3 Å². The molecule has 43 heavy (non-hydrogen) atoms. The molecule has 9 nitrogen and oxygen atoms in total. The Balaban J connectivity index is 1.52. The molecule has 17 heteroatoms. The summed E-state index contributed by atoms with van der Waals surface area (Å²) < 4.78 is 110. The van der Waals surface area contributed by atoms with Gasteiger partial charge in [-0.3, -0.25) is 9.59 Å². The van der Waals surface area contributed by atoms with Crippen molar-refractivity contribution >= 4 is 16.5 Å². The lowest BCUT2D eigenvalue weighted by molar-refractivity contribution is -0.259. The Morgan fingerprint density at radius 3 is 2.33 bits per heavy atom. The van der Waals surface area contributed by atoms with E-state index >= 15 is 0 Å². The topological polar surface area (TPSA) is 126 Å². The third kappa shape index (κ3) is 6.50. The predicted octanol–water partition coefficient (Wildman–Crippen LogP) is 4.70. The number of rotatable bonds is 8. The van der Waals surface area contributed by atoms with E-state index in [4.69, 9.17) is 0 Å². The predicted molar refractivity (Wildman–Crippen MR) is 137 cm³/mol. The number of aromatic amines is 1. The normalized spacial score (nSPS) is 15.2. The van der Waals surface area contributed by atoms with Gasteiger partial charge in [0.25, 0.3) is 11.1 Å². The number of pyridine rings is 1. The molecule has 4 rings (SSSR count). The van der Waals surface area contributed by atoms with E-state index in [9.17, 15) is 49.8 Å². The number of anilines is 1. The average molecular weight is 618 g/mol. The van der Waals surface area contributed by atoms with Crippen LogP contribution in [0.25, 0.3) is 22.2 Å². The number of halogens is 8. The van der Waals surface area contributed by atoms with Gasteiger partial charge in [0.15, 0.2) is 11.4 Å². The SMILES string of the molecule is C[C@H](C[C@@H](F)Cn1ccc2cc(-c3ncc(C(C)(O)C(F)(F)F)cn3)c(F)cc2c1=O)Nc1cn[nH]c(=O)c1C(F)(F)F. The molecule has 1 unspecified atom stereocenters. The zero-order valence-electron chi connectivity index (χ0n) is 22.2. The number of fused-ring (bicyclic) bond motifs is 1. The van der Waals surface area contributed by atoms with Crippen molar-refractivity contribution in [2.24, 2.45) is 0 Å². The number of benzene rings is 1. The lowest BCUT2D eigenvalue weighted by Gasteiger charge is -2.25. The van der Waals surface area contributed by atoms with Crippen molar-refractivity contribution in [2.45, 2.75) is 57.0 Å². The molecule has 3 N–H and O–H groups in total. The molecule has 3 aromatic heterocycles. The number of H-pyrrole nitrogens is 1. The van der Waals surface area contributed by atoms with Crippen LogP contribution in [0.3, 0.4) is 0 Å². The average Bonchev–Trinajstić information content (AvgIpc) is 2.89. The number of aromatic nitrogens is 5. The third-order valence-electron chi connectivity index (χ3n) is 6.62. The summed E-state index contributed by atoms with van der Waals surface area (Å²) in [5.41, 5.74) is -8.60. The van der Waals surface area contributed by atoms with Gasteiger partial charge in [0.05, 0.1) is 29.4 Å². The lowest BCUT2D eigenvalue weighted by atomic mass is 9.98. The molecule has 0 aliphatic rings. The van der Waals surface area contributed by atoms with Gasteiger partial charge in [-0.25, -0.2) is 23.8 Å². The second-order valence-electron chi connectivity index (χ2n) is 9.92. The van der Waals surface area contributed by atoms with E-state index in [1.807, 2.05) is 0 Å². The zero-order chi connectivity index (χ0) is 31.9. The molecule has 0 saturated carbocycles. The van der Waals surface area contributed by atoms with Crippen LogP contribution in [0.2, 0.25) is 0 Å². The second-order valence-corrected chi connectivity index (χ2v) is 9.92. The summed E-state index contributed by atoms with van der Waals surface area (Å²) in [6, 6.07) is 2.44. The van der Waals surface area contributed by atoms with Gasteiger partial charge in [0.2, 0.25) is 0 Å². The van der Waals surface area contributed by atoms with Crippen molar-refractivity contribution < 1.29 is 40.2 Å². The molecule has 1 aromatic carbocycles. The fourth-order valence-electron chi connectivity index (χ4n) is 4.29. The molecule has 0 radical (unpaired) electrons. The Kier molecular flexibility index (Phi) is 8.32. The van der Waals surface area contributed by atoms with Gasteiger partial charge in [-0.1, -0.05) is 0 Å². The molecule has 0 spiro atoms. The number of nitrogens with zero attached hydrogens (tertiary/aromatic N) is 4. The molecule has 0 amide bonds. The van der Waals surface area contributed by atoms with E-state index < -0.39 is 70.5 Å². The summed E-state index contributed by atoms with van der Waals surface area (Å²) in [7, 11) is 0. The number of hydrogen-bond donors (Lipinski definition) is 3. The molecule has 0 aliphatic heterocycles. The van der Waals surface area contributed by atoms with Crippen molar-refractivity contribution in [3.63, 3.8) is 0 Å². The highest BCUT2D eigenvalue weighted by molar-refractivity contribution is 5.86. The van der Waals surface area contributed by atoms with E-state index in [-0.39, 0.29) is 28.6 Å². The summed E-state index contributed by atoms with van der Waals surface area (Å²) in [5, 5.41) is 17.2. The maximum Gasteiger partial charge on any atom is 0.423 e. The molecule has 4 aromatic rings. The van der Waals surface area contributed by atoms with Crippen LogP contribution in [0.5, 0.6) is 0 Å². The first-order valence-corrected chi connectivity index (χ1v) is 12.4. The van der Waals surface area contributed by atoms with E-state index in [0.717, 1.165) is 16.8 Å². The van der Waals surface area contributed by atoms with Crippen LogP contribution >= 0.6 is 0 Å². The second kappa shape index (κ2) is 11.3. The molecule has 0 aliphatic carbocycles. The number of hydrogen-bond acceptors (Lipinski definition) is 7. The van der Waals surface area contributed by atoms with Gasteiger partial charge < -0.3 is 15.0 Å². The number of nitrogens with one attached hydrogen (secondary N) is 2. The molecule has 3 atom stereocenters. The van der Waals surface area contributed by atoms with Gasteiger partial charge in [0.1, 0.15) is 17.6 Å². The van der Waals surface area contributed by atoms with Gasteiger partial charge in [0, 0.05) is 36.6 Å². The van der Waals surface area contributed by atoms with Crippen molar-refractivity contribution in [3.8, 4) is 11.4 Å². The summed E-state index contributed by atoms with van der Waals surface area (Å²) >= 11 is 0. The summed E-state index contributed by atoms with van der Waals surface area (Å²) in [6.07, 6.45) is -8.79.